The van der Waals surface area contributed by atoms with E-state index in [1.54, 1.807) is 18.3 Å². The summed E-state index contributed by atoms with van der Waals surface area (Å²) in [5, 5.41) is 9.85. The van der Waals surface area contributed by atoms with E-state index in [1.807, 2.05) is 49.3 Å². The normalized spacial score (nSPS) is 10.5. The van der Waals surface area contributed by atoms with Crippen molar-refractivity contribution in [3.63, 3.8) is 0 Å². The van der Waals surface area contributed by atoms with Gasteiger partial charge >= 0.3 is 0 Å². The molecule has 0 unspecified atom stereocenters. The maximum atomic E-state index is 12.5. The van der Waals surface area contributed by atoms with E-state index >= 15 is 0 Å². The fourth-order valence-electron chi connectivity index (χ4n) is 2.25. The molecule has 2 N–H and O–H groups in total. The molecule has 1 amide bonds. The highest BCUT2D eigenvalue weighted by atomic mass is 79.9. The van der Waals surface area contributed by atoms with E-state index in [9.17, 15) is 4.79 Å². The largest absolute Gasteiger partial charge is 0.361 e. The molecule has 24 heavy (non-hydrogen) atoms. The van der Waals surface area contributed by atoms with E-state index in [1.165, 1.54) is 0 Å². The van der Waals surface area contributed by atoms with Gasteiger partial charge in [-0.2, -0.15) is 5.10 Å². The van der Waals surface area contributed by atoms with E-state index in [4.69, 9.17) is 0 Å². The molecular weight excluding hydrogens is 370 g/mol. The van der Waals surface area contributed by atoms with Gasteiger partial charge in [-0.3, -0.25) is 9.89 Å². The number of anilines is 2. The van der Waals surface area contributed by atoms with Crippen LogP contribution in [0.5, 0.6) is 0 Å². The zero-order valence-electron chi connectivity index (χ0n) is 13.2. The lowest BCUT2D eigenvalue weighted by Crippen LogP contribution is -2.18. The first-order valence-electron chi connectivity index (χ1n) is 7.29. The van der Waals surface area contributed by atoms with Gasteiger partial charge in [0.2, 0.25) is 0 Å². The van der Waals surface area contributed by atoms with Crippen LogP contribution >= 0.6 is 15.9 Å². The zero-order chi connectivity index (χ0) is 17.1. The highest BCUT2D eigenvalue weighted by molar-refractivity contribution is 9.10. The number of nitrogens with one attached hydrogen (secondary N) is 2. The Labute approximate surface area is 148 Å². The molecule has 0 bridgehead atoms. The Morgan fingerprint density at radius 1 is 1.21 bits per heavy atom. The van der Waals surface area contributed by atoms with E-state index in [0.29, 0.717) is 22.9 Å². The van der Waals surface area contributed by atoms with Gasteiger partial charge in [-0.15, -0.1) is 0 Å². The molecule has 122 valence electrons. The molecule has 6 nitrogen and oxygen atoms in total. The second-order valence-corrected chi connectivity index (χ2v) is 6.31. The third kappa shape index (κ3) is 3.46. The minimum atomic E-state index is -0.262. The monoisotopic (exact) mass is 385 g/mol. The molecule has 3 rings (SSSR count). The van der Waals surface area contributed by atoms with Crippen molar-refractivity contribution in [1.29, 1.82) is 0 Å². The van der Waals surface area contributed by atoms with Crippen LogP contribution in [0.25, 0.3) is 11.3 Å². The van der Waals surface area contributed by atoms with Gasteiger partial charge < -0.3 is 10.2 Å². The lowest BCUT2D eigenvalue weighted by atomic mass is 10.1. The fourth-order valence-corrected chi connectivity index (χ4v) is 2.51. The highest BCUT2D eigenvalue weighted by Gasteiger charge is 2.14. The average molecular weight is 386 g/mol. The Morgan fingerprint density at radius 2 is 1.96 bits per heavy atom. The number of H-pyrrole nitrogens is 1. The Balaban J connectivity index is 1.81. The standard InChI is InChI=1S/C17H16BrN5O/c1-23(2)16-13(4-3-9-19-16)20-17(24)15-10-14(21-22-15)11-5-7-12(18)8-6-11/h3-10H,1-2H3,(H,20,24)(H,21,22). The molecule has 0 aliphatic heterocycles. The molecule has 3 aromatic rings. The summed E-state index contributed by atoms with van der Waals surface area (Å²) in [5.41, 5.74) is 2.68. The molecule has 0 aliphatic carbocycles. The summed E-state index contributed by atoms with van der Waals surface area (Å²) in [6, 6.07) is 13.1. The second-order valence-electron chi connectivity index (χ2n) is 5.40. The number of benzene rings is 1. The van der Waals surface area contributed by atoms with Crippen LogP contribution in [0.3, 0.4) is 0 Å². The van der Waals surface area contributed by atoms with Gasteiger partial charge in [0.1, 0.15) is 5.69 Å². The third-order valence-electron chi connectivity index (χ3n) is 3.42. The van der Waals surface area contributed by atoms with Crippen molar-refractivity contribution in [3.8, 4) is 11.3 Å². The van der Waals surface area contributed by atoms with Crippen LogP contribution in [0.2, 0.25) is 0 Å². The van der Waals surface area contributed by atoms with Crippen molar-refractivity contribution in [2.75, 3.05) is 24.3 Å². The van der Waals surface area contributed by atoms with Gasteiger partial charge in [0.15, 0.2) is 5.82 Å². The maximum Gasteiger partial charge on any atom is 0.273 e. The van der Waals surface area contributed by atoms with Crippen molar-refractivity contribution in [2.45, 2.75) is 0 Å². The number of carbonyl (C=O) groups is 1. The van der Waals surface area contributed by atoms with Crippen molar-refractivity contribution in [2.24, 2.45) is 0 Å². The number of amides is 1. The first-order chi connectivity index (χ1) is 11.5. The van der Waals surface area contributed by atoms with Gasteiger partial charge in [-0.25, -0.2) is 4.98 Å². The summed E-state index contributed by atoms with van der Waals surface area (Å²) in [6.45, 7) is 0. The van der Waals surface area contributed by atoms with Crippen LogP contribution in [0.4, 0.5) is 11.5 Å². The predicted molar refractivity (Wildman–Crippen MR) is 98.2 cm³/mol. The summed E-state index contributed by atoms with van der Waals surface area (Å²) in [6.07, 6.45) is 1.69. The summed E-state index contributed by atoms with van der Waals surface area (Å²) < 4.78 is 0.993. The molecule has 7 heteroatoms. The number of aromatic amines is 1. The van der Waals surface area contributed by atoms with E-state index in [0.717, 1.165) is 10.0 Å². The molecule has 0 saturated heterocycles. The molecular formula is C17H16BrN5O. The van der Waals surface area contributed by atoms with Crippen molar-refractivity contribution in [3.05, 3.63) is 58.8 Å². The number of hydrogen-bond acceptors (Lipinski definition) is 4. The van der Waals surface area contributed by atoms with Crippen LogP contribution in [0, 0.1) is 0 Å². The SMILES string of the molecule is CN(C)c1ncccc1NC(=O)c1cc(-c2ccc(Br)cc2)n[nH]1. The molecule has 1 aromatic carbocycles. The minimum absolute atomic E-state index is 0.262. The Kier molecular flexibility index (Phi) is 4.61. The van der Waals surface area contributed by atoms with Gasteiger partial charge in [-0.05, 0) is 30.3 Å². The third-order valence-corrected chi connectivity index (χ3v) is 3.95. The topological polar surface area (TPSA) is 73.9 Å². The Bertz CT molecular complexity index is 857. The van der Waals surface area contributed by atoms with Gasteiger partial charge in [0, 0.05) is 30.3 Å². The van der Waals surface area contributed by atoms with Crippen LogP contribution < -0.4 is 10.2 Å². The number of halogens is 1. The molecule has 2 aromatic heterocycles. The number of pyridine rings is 1. The Hall–Kier alpha value is -2.67. The average Bonchev–Trinajstić information content (AvgIpc) is 3.06. The molecule has 0 saturated carbocycles. The quantitative estimate of drug-likeness (QED) is 0.719. The predicted octanol–water partition coefficient (Wildman–Crippen LogP) is 3.55. The number of nitrogens with zero attached hydrogens (tertiary/aromatic N) is 3. The minimum Gasteiger partial charge on any atom is -0.361 e. The zero-order valence-corrected chi connectivity index (χ0v) is 14.8. The van der Waals surface area contributed by atoms with Crippen molar-refractivity contribution in [1.82, 2.24) is 15.2 Å². The molecule has 0 aliphatic rings. The first kappa shape index (κ1) is 16.2. The lowest BCUT2D eigenvalue weighted by Gasteiger charge is -2.15. The summed E-state index contributed by atoms with van der Waals surface area (Å²) in [5.74, 6) is 0.431. The lowest BCUT2D eigenvalue weighted by molar-refractivity contribution is 0.102. The maximum absolute atomic E-state index is 12.5. The molecule has 0 spiro atoms. The second kappa shape index (κ2) is 6.84. The smallest absolute Gasteiger partial charge is 0.273 e. The summed E-state index contributed by atoms with van der Waals surface area (Å²) in [4.78, 5) is 18.6. The fraction of sp³-hybridized carbons (Fsp3) is 0.118. The molecule has 0 atom stereocenters. The number of hydrogen-bond donors (Lipinski definition) is 2. The van der Waals surface area contributed by atoms with Gasteiger partial charge in [0.05, 0.1) is 11.4 Å². The Morgan fingerprint density at radius 3 is 2.67 bits per heavy atom. The molecule has 2 heterocycles. The summed E-state index contributed by atoms with van der Waals surface area (Å²) >= 11 is 3.40. The van der Waals surface area contributed by atoms with E-state index < -0.39 is 0 Å². The molecule has 0 fully saturated rings. The van der Waals surface area contributed by atoms with Gasteiger partial charge in [-0.1, -0.05) is 28.1 Å². The molecule has 0 radical (unpaired) electrons. The highest BCUT2D eigenvalue weighted by Crippen LogP contribution is 2.23. The van der Waals surface area contributed by atoms with Gasteiger partial charge in [0.25, 0.3) is 5.91 Å². The van der Waals surface area contributed by atoms with Crippen molar-refractivity contribution < 1.29 is 4.79 Å². The van der Waals surface area contributed by atoms with E-state index in [2.05, 4.69) is 36.4 Å². The first-order valence-corrected chi connectivity index (χ1v) is 8.09. The number of rotatable bonds is 4. The summed E-state index contributed by atoms with van der Waals surface area (Å²) in [7, 11) is 3.75. The van der Waals surface area contributed by atoms with Crippen LogP contribution in [0.15, 0.2) is 53.1 Å². The van der Waals surface area contributed by atoms with Crippen molar-refractivity contribution >= 4 is 33.3 Å². The van der Waals surface area contributed by atoms with Crippen LogP contribution in [-0.4, -0.2) is 35.2 Å². The van der Waals surface area contributed by atoms with E-state index in [-0.39, 0.29) is 5.91 Å². The van der Waals surface area contributed by atoms with Crippen LogP contribution in [0.1, 0.15) is 10.5 Å². The van der Waals surface area contributed by atoms with Crippen LogP contribution in [-0.2, 0) is 0 Å². The number of aromatic nitrogens is 3. The number of carbonyl (C=O) groups excluding carboxylic acids is 1.